The van der Waals surface area contributed by atoms with Gasteiger partial charge in [-0.3, -0.25) is 9.59 Å². The van der Waals surface area contributed by atoms with E-state index in [4.69, 9.17) is 5.11 Å². The fourth-order valence-electron chi connectivity index (χ4n) is 7.68. The zero-order valence-corrected chi connectivity index (χ0v) is 16.4. The van der Waals surface area contributed by atoms with Crippen molar-refractivity contribution in [1.29, 1.82) is 0 Å². The Labute approximate surface area is 160 Å². The number of aliphatic hydroxyl groups is 2. The Hall–Kier alpha value is -1.20. The summed E-state index contributed by atoms with van der Waals surface area (Å²) in [5.41, 5.74) is 0.912. The smallest absolute Gasteiger partial charge is 0.305 e. The van der Waals surface area contributed by atoms with Crippen molar-refractivity contribution in [3.8, 4) is 0 Å². The largest absolute Gasteiger partial charge is 0.481 e. The van der Waals surface area contributed by atoms with E-state index in [2.05, 4.69) is 13.8 Å². The number of carbonyl (C=O) groups is 2. The number of hydrogen-bond donors (Lipinski definition) is 3. The van der Waals surface area contributed by atoms with Crippen LogP contribution in [0.25, 0.3) is 0 Å². The van der Waals surface area contributed by atoms with Gasteiger partial charge in [-0.1, -0.05) is 19.4 Å². The molecule has 0 spiro atoms. The van der Waals surface area contributed by atoms with Gasteiger partial charge in [-0.15, -0.1) is 0 Å². The summed E-state index contributed by atoms with van der Waals surface area (Å²) in [6.45, 7) is 4.40. The van der Waals surface area contributed by atoms with Gasteiger partial charge in [0.15, 0.2) is 5.78 Å². The molecule has 4 rings (SSSR count). The Bertz CT molecular complexity index is 684. The van der Waals surface area contributed by atoms with Crippen LogP contribution in [0.15, 0.2) is 11.6 Å². The Morgan fingerprint density at radius 1 is 1.26 bits per heavy atom. The van der Waals surface area contributed by atoms with Gasteiger partial charge in [0, 0.05) is 6.42 Å². The summed E-state index contributed by atoms with van der Waals surface area (Å²) in [6.07, 6.45) is 6.07. The average Bonchev–Trinajstić information content (AvgIpc) is 2.91. The molecule has 27 heavy (non-hydrogen) atoms. The number of fused-ring (bicyclic) bond motifs is 5. The highest BCUT2D eigenvalue weighted by atomic mass is 16.4. The molecule has 0 aromatic rings. The normalized spacial score (nSPS) is 47.5. The number of aliphatic hydroxyl groups excluding tert-OH is 2. The Morgan fingerprint density at radius 2 is 2.00 bits per heavy atom. The Balaban J connectivity index is 1.64. The Morgan fingerprint density at radius 3 is 2.70 bits per heavy atom. The fourth-order valence-corrected chi connectivity index (χ4v) is 7.68. The molecule has 8 atom stereocenters. The highest BCUT2D eigenvalue weighted by Gasteiger charge is 2.62. The zero-order valence-electron chi connectivity index (χ0n) is 16.4. The minimum atomic E-state index is -0.962. The third-order valence-electron chi connectivity index (χ3n) is 8.81. The molecule has 4 aliphatic carbocycles. The molecule has 5 nitrogen and oxygen atoms in total. The first-order valence-electron chi connectivity index (χ1n) is 10.5. The molecule has 0 aromatic carbocycles. The van der Waals surface area contributed by atoms with Crippen LogP contribution in [0.2, 0.25) is 0 Å². The zero-order chi connectivity index (χ0) is 19.6. The van der Waals surface area contributed by atoms with Crippen molar-refractivity contribution in [3.63, 3.8) is 0 Å². The quantitative estimate of drug-likeness (QED) is 0.704. The van der Waals surface area contributed by atoms with E-state index in [0.29, 0.717) is 24.7 Å². The second-order valence-corrected chi connectivity index (χ2v) is 10.0. The Kier molecular flexibility index (Phi) is 4.54. The minimum absolute atomic E-state index is 0.0631. The van der Waals surface area contributed by atoms with Crippen LogP contribution in [0, 0.1) is 34.5 Å². The van der Waals surface area contributed by atoms with E-state index in [1.165, 1.54) is 5.57 Å². The monoisotopic (exact) mass is 376 g/mol. The third kappa shape index (κ3) is 2.80. The van der Waals surface area contributed by atoms with Crippen LogP contribution in [0.5, 0.6) is 0 Å². The number of carbonyl (C=O) groups excluding carboxylic acids is 1. The van der Waals surface area contributed by atoms with Crippen molar-refractivity contribution < 1.29 is 24.9 Å². The van der Waals surface area contributed by atoms with Crippen molar-refractivity contribution >= 4 is 11.8 Å². The summed E-state index contributed by atoms with van der Waals surface area (Å²) in [5.74, 6) is 0.154. The van der Waals surface area contributed by atoms with Crippen molar-refractivity contribution in [2.45, 2.75) is 77.4 Å². The third-order valence-corrected chi connectivity index (χ3v) is 8.81. The number of ketones is 1. The number of aliphatic carboxylic acids is 1. The van der Waals surface area contributed by atoms with Crippen LogP contribution in [-0.4, -0.2) is 39.3 Å². The van der Waals surface area contributed by atoms with E-state index in [-0.39, 0.29) is 34.9 Å². The van der Waals surface area contributed by atoms with Crippen LogP contribution >= 0.6 is 0 Å². The lowest BCUT2D eigenvalue weighted by Crippen LogP contribution is -2.57. The van der Waals surface area contributed by atoms with E-state index < -0.39 is 18.2 Å². The molecule has 5 heteroatoms. The SMILES string of the molecule is C[C@]12C[C@H](O)C3C(CCC4=CC(=O)CC[C@@]43C)C1CCC2C(O)CC(=O)O. The van der Waals surface area contributed by atoms with Crippen LogP contribution in [-0.2, 0) is 9.59 Å². The van der Waals surface area contributed by atoms with Gasteiger partial charge in [0.1, 0.15) is 0 Å². The summed E-state index contributed by atoms with van der Waals surface area (Å²) in [5, 5.41) is 30.9. The minimum Gasteiger partial charge on any atom is -0.481 e. The van der Waals surface area contributed by atoms with Gasteiger partial charge in [-0.05, 0) is 79.1 Å². The van der Waals surface area contributed by atoms with Crippen molar-refractivity contribution in [3.05, 3.63) is 11.6 Å². The highest BCUT2D eigenvalue weighted by molar-refractivity contribution is 5.91. The van der Waals surface area contributed by atoms with Crippen molar-refractivity contribution in [2.24, 2.45) is 34.5 Å². The number of carboxylic acids is 1. The first-order valence-corrected chi connectivity index (χ1v) is 10.5. The lowest BCUT2D eigenvalue weighted by molar-refractivity contribution is -0.149. The molecule has 0 amide bonds. The maximum Gasteiger partial charge on any atom is 0.305 e. The second kappa shape index (κ2) is 6.41. The van der Waals surface area contributed by atoms with Gasteiger partial charge in [0.2, 0.25) is 0 Å². The lowest BCUT2D eigenvalue weighted by Gasteiger charge is -2.60. The van der Waals surface area contributed by atoms with Gasteiger partial charge < -0.3 is 15.3 Å². The van der Waals surface area contributed by atoms with Gasteiger partial charge in [0.25, 0.3) is 0 Å². The van der Waals surface area contributed by atoms with Gasteiger partial charge in [-0.2, -0.15) is 0 Å². The molecule has 0 heterocycles. The molecule has 3 N–H and O–H groups in total. The number of rotatable bonds is 3. The van der Waals surface area contributed by atoms with Gasteiger partial charge >= 0.3 is 5.97 Å². The van der Waals surface area contributed by atoms with Crippen LogP contribution < -0.4 is 0 Å². The van der Waals surface area contributed by atoms with Crippen molar-refractivity contribution in [2.75, 3.05) is 0 Å². The van der Waals surface area contributed by atoms with Crippen LogP contribution in [0.4, 0.5) is 0 Å². The molecule has 150 valence electrons. The molecule has 0 aliphatic heterocycles. The molecule has 4 aliphatic rings. The highest BCUT2D eigenvalue weighted by Crippen LogP contribution is 2.67. The summed E-state index contributed by atoms with van der Waals surface area (Å²) in [7, 11) is 0. The molecule has 3 fully saturated rings. The predicted molar refractivity (Wildman–Crippen MR) is 99.8 cm³/mol. The summed E-state index contributed by atoms with van der Waals surface area (Å²) in [6, 6.07) is 0. The standard InChI is InChI=1S/C22H32O5/c1-21-8-7-13(23)9-12(21)3-4-14-15-5-6-16(17(24)10-19(26)27)22(15,2)11-18(25)20(14)21/h9,14-18,20,24-25H,3-8,10-11H2,1-2H3,(H,26,27)/t14?,15?,16?,17?,18-,20?,21-,22-/m0/s1. The van der Waals surface area contributed by atoms with E-state index in [1.807, 2.05) is 6.08 Å². The van der Waals surface area contributed by atoms with Crippen molar-refractivity contribution in [1.82, 2.24) is 0 Å². The van der Waals surface area contributed by atoms with Gasteiger partial charge in [-0.25, -0.2) is 0 Å². The van der Waals surface area contributed by atoms with E-state index in [9.17, 15) is 19.8 Å². The molecular formula is C22H32O5. The van der Waals surface area contributed by atoms with E-state index in [0.717, 1.165) is 32.1 Å². The molecular weight excluding hydrogens is 344 g/mol. The molecule has 5 unspecified atom stereocenters. The number of hydrogen-bond acceptors (Lipinski definition) is 4. The molecule has 0 radical (unpaired) electrons. The first kappa shape index (κ1) is 19.1. The van der Waals surface area contributed by atoms with Gasteiger partial charge in [0.05, 0.1) is 18.6 Å². The lowest BCUT2D eigenvalue weighted by atomic mass is 9.45. The van der Waals surface area contributed by atoms with Crippen LogP contribution in [0.3, 0.4) is 0 Å². The predicted octanol–water partition coefficient (Wildman–Crippen LogP) is 2.94. The molecule has 0 bridgehead atoms. The summed E-state index contributed by atoms with van der Waals surface area (Å²) in [4.78, 5) is 23.0. The first-order chi connectivity index (χ1) is 12.7. The molecule has 0 saturated heterocycles. The number of allylic oxidation sites excluding steroid dienone is 1. The molecule has 3 saturated carbocycles. The summed E-state index contributed by atoms with van der Waals surface area (Å²) < 4.78 is 0. The van der Waals surface area contributed by atoms with E-state index >= 15 is 0 Å². The average molecular weight is 376 g/mol. The second-order valence-electron chi connectivity index (χ2n) is 10.0. The van der Waals surface area contributed by atoms with Crippen LogP contribution in [0.1, 0.15) is 65.2 Å². The van der Waals surface area contributed by atoms with E-state index in [1.54, 1.807) is 0 Å². The fraction of sp³-hybridized carbons (Fsp3) is 0.818. The maximum atomic E-state index is 11.9. The summed E-state index contributed by atoms with van der Waals surface area (Å²) >= 11 is 0. The number of carboxylic acid groups (broad SMARTS) is 1. The molecule has 0 aromatic heterocycles. The maximum absolute atomic E-state index is 11.9. The topological polar surface area (TPSA) is 94.8 Å².